The van der Waals surface area contributed by atoms with Crippen LogP contribution in [-0.4, -0.2) is 31.3 Å². The van der Waals surface area contributed by atoms with Crippen LogP contribution in [0.3, 0.4) is 0 Å². The van der Waals surface area contributed by atoms with E-state index in [-0.39, 0.29) is 0 Å². The Hall–Kier alpha value is -1.40. The van der Waals surface area contributed by atoms with Gasteiger partial charge in [-0.1, -0.05) is 24.3 Å². The molecule has 0 spiro atoms. The second-order valence-electron chi connectivity index (χ2n) is 6.67. The number of hydrogen-bond acceptors (Lipinski definition) is 3. The Balaban J connectivity index is 1.56. The molecule has 0 aliphatic heterocycles. The van der Waals surface area contributed by atoms with E-state index in [1.807, 2.05) is 12.1 Å². The summed E-state index contributed by atoms with van der Waals surface area (Å²) in [7, 11) is -3.53. The third-order valence-electron chi connectivity index (χ3n) is 5.26. The molecule has 0 saturated heterocycles. The molecule has 1 saturated carbocycles. The van der Waals surface area contributed by atoms with E-state index in [1.165, 1.54) is 11.1 Å². The molecule has 3 rings (SSSR count). The maximum Gasteiger partial charge on any atom is 0.307 e. The Morgan fingerprint density at radius 2 is 1.70 bits per heavy atom. The van der Waals surface area contributed by atoms with Crippen LogP contribution in [-0.2, 0) is 27.7 Å². The van der Waals surface area contributed by atoms with Gasteiger partial charge in [-0.3, -0.25) is 4.79 Å². The lowest BCUT2D eigenvalue weighted by Gasteiger charge is -2.33. The van der Waals surface area contributed by atoms with Crippen LogP contribution in [0.4, 0.5) is 0 Å². The molecule has 0 amide bonds. The fourth-order valence-electron chi connectivity index (χ4n) is 3.58. The quantitative estimate of drug-likeness (QED) is 0.805. The molecule has 0 aromatic heterocycles. The number of aryl methyl sites for hydroxylation is 2. The average Bonchev–Trinajstić information content (AvgIpc) is 2.65. The van der Waals surface area contributed by atoms with Gasteiger partial charge in [-0.25, -0.2) is 13.1 Å². The Kier molecular flexibility index (Phi) is 4.73. The first-order valence-electron chi connectivity index (χ1n) is 8.25. The molecule has 5 nitrogen and oxygen atoms in total. The zero-order valence-electron chi connectivity index (χ0n) is 13.1. The Bertz CT molecular complexity index is 659. The van der Waals surface area contributed by atoms with Gasteiger partial charge in [-0.2, -0.15) is 0 Å². The van der Waals surface area contributed by atoms with Crippen LogP contribution in [0.5, 0.6) is 0 Å². The molecule has 2 atom stereocenters. The molecule has 2 aliphatic rings. The highest BCUT2D eigenvalue weighted by molar-refractivity contribution is 7.90. The Labute approximate surface area is 137 Å². The smallest absolute Gasteiger partial charge is 0.307 e. The zero-order valence-corrected chi connectivity index (χ0v) is 13.9. The van der Waals surface area contributed by atoms with Crippen LogP contribution in [0.15, 0.2) is 24.3 Å². The van der Waals surface area contributed by atoms with Gasteiger partial charge >= 0.3 is 5.97 Å². The van der Waals surface area contributed by atoms with Crippen molar-refractivity contribution in [3.63, 3.8) is 0 Å². The maximum atomic E-state index is 12.3. The third-order valence-corrected chi connectivity index (χ3v) is 7.19. The lowest BCUT2D eigenvalue weighted by molar-refractivity contribution is -0.144. The van der Waals surface area contributed by atoms with Gasteiger partial charge in [0.15, 0.2) is 0 Å². The fourth-order valence-corrected chi connectivity index (χ4v) is 5.39. The van der Waals surface area contributed by atoms with Crippen molar-refractivity contribution in [2.75, 3.05) is 6.54 Å². The fraction of sp³-hybridized carbons (Fsp3) is 0.588. The number of fused-ring (bicyclic) bond motifs is 1. The number of aliphatic carboxylic acids is 1. The van der Waals surface area contributed by atoms with Gasteiger partial charge in [-0.05, 0) is 55.6 Å². The van der Waals surface area contributed by atoms with E-state index in [0.717, 1.165) is 25.7 Å². The van der Waals surface area contributed by atoms with E-state index in [1.54, 1.807) is 0 Å². The van der Waals surface area contributed by atoms with Gasteiger partial charge in [0, 0.05) is 6.54 Å². The second kappa shape index (κ2) is 6.61. The maximum absolute atomic E-state index is 12.3. The largest absolute Gasteiger partial charge is 0.481 e. The summed E-state index contributed by atoms with van der Waals surface area (Å²) in [6.45, 7) is 0.416. The van der Waals surface area contributed by atoms with Crippen molar-refractivity contribution in [2.24, 2.45) is 11.8 Å². The van der Waals surface area contributed by atoms with Crippen molar-refractivity contribution in [3.05, 3.63) is 35.4 Å². The van der Waals surface area contributed by atoms with Gasteiger partial charge in [0.1, 0.15) is 0 Å². The number of carboxylic acid groups (broad SMARTS) is 1. The minimum atomic E-state index is -3.53. The first-order valence-corrected chi connectivity index (χ1v) is 9.80. The molecule has 1 aromatic carbocycles. The summed E-state index contributed by atoms with van der Waals surface area (Å²) >= 11 is 0. The summed E-state index contributed by atoms with van der Waals surface area (Å²) in [4.78, 5) is 11.0. The van der Waals surface area contributed by atoms with Crippen molar-refractivity contribution < 1.29 is 18.3 Å². The molecule has 126 valence electrons. The molecule has 2 N–H and O–H groups in total. The number of hydrogen-bond donors (Lipinski definition) is 2. The highest BCUT2D eigenvalue weighted by Gasteiger charge is 2.45. The van der Waals surface area contributed by atoms with Crippen molar-refractivity contribution in [1.82, 2.24) is 4.72 Å². The SMILES string of the molecule is O=C(O)C1CCC1S(=O)(=O)NCC1CCc2ccccc2CC1. The molecule has 0 radical (unpaired) electrons. The van der Waals surface area contributed by atoms with Crippen LogP contribution in [0, 0.1) is 11.8 Å². The number of benzene rings is 1. The Morgan fingerprint density at radius 1 is 1.09 bits per heavy atom. The summed E-state index contributed by atoms with van der Waals surface area (Å²) in [6, 6.07) is 8.39. The minimum Gasteiger partial charge on any atom is -0.481 e. The van der Waals surface area contributed by atoms with E-state index >= 15 is 0 Å². The third kappa shape index (κ3) is 3.58. The molecule has 1 fully saturated rings. The number of nitrogens with one attached hydrogen (secondary N) is 1. The predicted molar refractivity (Wildman–Crippen MR) is 87.6 cm³/mol. The number of rotatable bonds is 5. The number of carboxylic acids is 1. The van der Waals surface area contributed by atoms with Crippen LogP contribution >= 0.6 is 0 Å². The predicted octanol–water partition coefficient (Wildman–Crippen LogP) is 1.96. The van der Waals surface area contributed by atoms with Crippen molar-refractivity contribution >= 4 is 16.0 Å². The van der Waals surface area contributed by atoms with Crippen LogP contribution in [0.1, 0.15) is 36.8 Å². The molecule has 23 heavy (non-hydrogen) atoms. The van der Waals surface area contributed by atoms with Crippen molar-refractivity contribution in [3.8, 4) is 0 Å². The molecule has 0 bridgehead atoms. The summed E-state index contributed by atoms with van der Waals surface area (Å²) in [5.74, 6) is -1.44. The lowest BCUT2D eigenvalue weighted by atomic mass is 9.85. The highest BCUT2D eigenvalue weighted by Crippen LogP contribution is 2.33. The van der Waals surface area contributed by atoms with Crippen molar-refractivity contribution in [2.45, 2.75) is 43.8 Å². The Morgan fingerprint density at radius 3 is 2.17 bits per heavy atom. The van der Waals surface area contributed by atoms with Crippen LogP contribution in [0.2, 0.25) is 0 Å². The van der Waals surface area contributed by atoms with Gasteiger partial charge in [-0.15, -0.1) is 0 Å². The summed E-state index contributed by atoms with van der Waals surface area (Å²) < 4.78 is 27.3. The van der Waals surface area contributed by atoms with Crippen LogP contribution in [0.25, 0.3) is 0 Å². The van der Waals surface area contributed by atoms with E-state index in [9.17, 15) is 13.2 Å². The van der Waals surface area contributed by atoms with Crippen LogP contribution < -0.4 is 4.72 Å². The summed E-state index contributed by atoms with van der Waals surface area (Å²) in [6.07, 6.45) is 4.79. The van der Waals surface area contributed by atoms with Gasteiger partial charge < -0.3 is 5.11 Å². The number of carbonyl (C=O) groups is 1. The monoisotopic (exact) mass is 337 g/mol. The van der Waals surface area contributed by atoms with E-state index in [4.69, 9.17) is 5.11 Å². The van der Waals surface area contributed by atoms with E-state index in [0.29, 0.717) is 25.3 Å². The van der Waals surface area contributed by atoms with Crippen molar-refractivity contribution in [1.29, 1.82) is 0 Å². The number of sulfonamides is 1. The molecular weight excluding hydrogens is 314 g/mol. The highest BCUT2D eigenvalue weighted by atomic mass is 32.2. The second-order valence-corrected chi connectivity index (χ2v) is 8.65. The van der Waals surface area contributed by atoms with Gasteiger partial charge in [0.2, 0.25) is 10.0 Å². The van der Waals surface area contributed by atoms with E-state index < -0.39 is 27.2 Å². The zero-order chi connectivity index (χ0) is 16.4. The topological polar surface area (TPSA) is 83.5 Å². The first-order chi connectivity index (χ1) is 11.0. The molecule has 2 aliphatic carbocycles. The molecule has 0 heterocycles. The van der Waals surface area contributed by atoms with Gasteiger partial charge in [0.25, 0.3) is 0 Å². The van der Waals surface area contributed by atoms with E-state index in [2.05, 4.69) is 16.9 Å². The summed E-state index contributed by atoms with van der Waals surface area (Å²) in [5.41, 5.74) is 2.73. The molecule has 6 heteroatoms. The molecule has 2 unspecified atom stereocenters. The standard InChI is InChI=1S/C17H23NO4S/c19-17(20)15-9-10-16(15)23(21,22)18-11-12-5-7-13-3-1-2-4-14(13)8-6-12/h1-4,12,15-16,18H,5-11H2,(H,19,20). The molecule has 1 aromatic rings. The molecular formula is C17H23NO4S. The van der Waals surface area contributed by atoms with Gasteiger partial charge in [0.05, 0.1) is 11.2 Å². The minimum absolute atomic E-state index is 0.306. The normalized spacial score (nSPS) is 25.2. The summed E-state index contributed by atoms with van der Waals surface area (Å²) in [5, 5.41) is 8.27. The first kappa shape index (κ1) is 16.5. The average molecular weight is 337 g/mol. The lowest BCUT2D eigenvalue weighted by Crippen LogP contribution is -2.49.